The summed E-state index contributed by atoms with van der Waals surface area (Å²) in [5, 5.41) is 6.31. The van der Waals surface area contributed by atoms with E-state index in [4.69, 9.17) is 0 Å². The average Bonchev–Trinajstić information content (AvgIpc) is 3.20. The molecule has 5 heteroatoms. The van der Waals surface area contributed by atoms with E-state index in [0.717, 1.165) is 11.3 Å². The molecule has 3 rings (SSSR count). The summed E-state index contributed by atoms with van der Waals surface area (Å²) in [6.45, 7) is 2.03. The summed E-state index contributed by atoms with van der Waals surface area (Å²) in [5.74, 6) is 0.582. The molecular formula is C16H16N2OS2. The second-order valence-electron chi connectivity index (χ2n) is 4.80. The fourth-order valence-electron chi connectivity index (χ4n) is 2.11. The Morgan fingerprint density at radius 1 is 1.24 bits per heavy atom. The minimum atomic E-state index is -0.900. The van der Waals surface area contributed by atoms with Crippen molar-refractivity contribution in [1.82, 2.24) is 9.78 Å². The fraction of sp³-hybridized carbons (Fsp3) is 0.188. The summed E-state index contributed by atoms with van der Waals surface area (Å²) < 4.78 is 14.2. The van der Waals surface area contributed by atoms with Crippen LogP contribution in [-0.2, 0) is 16.6 Å². The molecule has 0 aliphatic carbocycles. The lowest BCUT2D eigenvalue weighted by molar-refractivity contribution is 0.676. The van der Waals surface area contributed by atoms with Crippen LogP contribution in [-0.4, -0.2) is 14.0 Å². The zero-order valence-electron chi connectivity index (χ0n) is 11.7. The van der Waals surface area contributed by atoms with Crippen molar-refractivity contribution in [3.63, 3.8) is 0 Å². The van der Waals surface area contributed by atoms with Crippen molar-refractivity contribution in [2.75, 3.05) is 0 Å². The first-order chi connectivity index (χ1) is 10.2. The maximum atomic E-state index is 12.4. The lowest BCUT2D eigenvalue weighted by Crippen LogP contribution is -2.04. The third-order valence-corrected chi connectivity index (χ3v) is 6.22. The molecule has 0 radical (unpaired) electrons. The van der Waals surface area contributed by atoms with Gasteiger partial charge < -0.3 is 0 Å². The average molecular weight is 316 g/mol. The van der Waals surface area contributed by atoms with Crippen molar-refractivity contribution in [2.24, 2.45) is 0 Å². The van der Waals surface area contributed by atoms with Gasteiger partial charge in [-0.25, -0.2) is 4.68 Å². The van der Waals surface area contributed by atoms with Gasteiger partial charge in [-0.1, -0.05) is 18.2 Å². The van der Waals surface area contributed by atoms with Crippen LogP contribution in [0.1, 0.15) is 22.6 Å². The Morgan fingerprint density at radius 3 is 2.67 bits per heavy atom. The summed E-state index contributed by atoms with van der Waals surface area (Å²) >= 11 is 1.67. The number of benzene rings is 1. The Morgan fingerprint density at radius 2 is 2.05 bits per heavy atom. The molecule has 0 amide bonds. The Balaban J connectivity index is 1.69. The minimum Gasteiger partial charge on any atom is -0.259 e. The predicted molar refractivity (Wildman–Crippen MR) is 88.1 cm³/mol. The van der Waals surface area contributed by atoms with Crippen molar-refractivity contribution >= 4 is 22.1 Å². The van der Waals surface area contributed by atoms with Gasteiger partial charge in [-0.2, -0.15) is 5.10 Å². The molecule has 0 aliphatic rings. The van der Waals surface area contributed by atoms with E-state index in [1.54, 1.807) is 17.5 Å². The van der Waals surface area contributed by atoms with Gasteiger partial charge in [0.25, 0.3) is 0 Å². The third kappa shape index (κ3) is 3.31. The molecule has 21 heavy (non-hydrogen) atoms. The fourth-order valence-corrected chi connectivity index (χ4v) is 4.37. The Kier molecular flexibility index (Phi) is 4.31. The van der Waals surface area contributed by atoms with Crippen molar-refractivity contribution < 1.29 is 4.21 Å². The number of aromatic nitrogens is 2. The molecule has 0 spiro atoms. The molecule has 2 aromatic heterocycles. The first-order valence-corrected chi connectivity index (χ1v) is 9.00. The van der Waals surface area contributed by atoms with Crippen molar-refractivity contribution in [3.05, 3.63) is 70.7 Å². The van der Waals surface area contributed by atoms with E-state index in [1.807, 2.05) is 65.6 Å². The van der Waals surface area contributed by atoms with E-state index < -0.39 is 10.8 Å². The summed E-state index contributed by atoms with van der Waals surface area (Å²) in [7, 11) is -0.900. The molecule has 0 bridgehead atoms. The topological polar surface area (TPSA) is 34.9 Å². The first kappa shape index (κ1) is 14.2. The number of hydrogen-bond acceptors (Lipinski definition) is 3. The molecule has 0 saturated heterocycles. The zero-order chi connectivity index (χ0) is 14.7. The first-order valence-electron chi connectivity index (χ1n) is 6.73. The molecule has 2 heterocycles. The second-order valence-corrected chi connectivity index (χ2v) is 7.54. The van der Waals surface area contributed by atoms with Crippen molar-refractivity contribution in [3.8, 4) is 5.69 Å². The Hall–Kier alpha value is -1.72. The summed E-state index contributed by atoms with van der Waals surface area (Å²) in [6, 6.07) is 14.0. The van der Waals surface area contributed by atoms with Crippen LogP contribution < -0.4 is 0 Å². The highest BCUT2D eigenvalue weighted by atomic mass is 32.2. The number of rotatable bonds is 5. The maximum absolute atomic E-state index is 12.4. The molecule has 0 fully saturated rings. The number of thiophene rings is 1. The quantitative estimate of drug-likeness (QED) is 0.714. The van der Waals surface area contributed by atoms with Gasteiger partial charge in [0, 0.05) is 33.8 Å². The molecular weight excluding hydrogens is 300 g/mol. The van der Waals surface area contributed by atoms with Crippen LogP contribution >= 0.6 is 11.3 Å². The van der Waals surface area contributed by atoms with Gasteiger partial charge in [-0.3, -0.25) is 4.21 Å². The van der Waals surface area contributed by atoms with Crippen LogP contribution in [0.15, 0.2) is 60.2 Å². The summed E-state index contributed by atoms with van der Waals surface area (Å²) in [6.07, 6.45) is 3.66. The summed E-state index contributed by atoms with van der Waals surface area (Å²) in [4.78, 5) is 1.18. The largest absolute Gasteiger partial charge is 0.259 e. The molecule has 3 aromatic rings. The molecule has 0 unspecified atom stereocenters. The van der Waals surface area contributed by atoms with Gasteiger partial charge in [0.1, 0.15) is 0 Å². The minimum absolute atomic E-state index is 0.0794. The normalized spacial score (nSPS) is 14.0. The third-order valence-electron chi connectivity index (χ3n) is 3.35. The van der Waals surface area contributed by atoms with Crippen LogP contribution in [0.5, 0.6) is 0 Å². The molecule has 2 atom stereocenters. The molecule has 1 aromatic carbocycles. The molecule has 108 valence electrons. The van der Waals surface area contributed by atoms with Crippen LogP contribution in [0.3, 0.4) is 0 Å². The van der Waals surface area contributed by atoms with E-state index >= 15 is 0 Å². The standard InChI is InChI=1S/C16H16N2OS2/c1-13(16-4-2-11-20-16)21(19)12-14-5-7-15(8-6-14)18-10-3-9-17-18/h2-11,13H,12H2,1H3/t13-,21-/m1/s1. The highest BCUT2D eigenvalue weighted by molar-refractivity contribution is 7.84. The highest BCUT2D eigenvalue weighted by Crippen LogP contribution is 2.26. The zero-order valence-corrected chi connectivity index (χ0v) is 13.3. The van der Waals surface area contributed by atoms with E-state index in [9.17, 15) is 4.21 Å². The van der Waals surface area contributed by atoms with Crippen LogP contribution in [0.25, 0.3) is 5.69 Å². The van der Waals surface area contributed by atoms with E-state index in [2.05, 4.69) is 5.10 Å². The molecule has 0 aliphatic heterocycles. The molecule has 3 nitrogen and oxygen atoms in total. The van der Waals surface area contributed by atoms with Crippen molar-refractivity contribution in [1.29, 1.82) is 0 Å². The van der Waals surface area contributed by atoms with Gasteiger partial charge in [0.15, 0.2) is 0 Å². The lowest BCUT2D eigenvalue weighted by Gasteiger charge is -2.10. The second kappa shape index (κ2) is 6.37. The van der Waals surface area contributed by atoms with Gasteiger partial charge in [0.05, 0.1) is 10.9 Å². The highest BCUT2D eigenvalue weighted by Gasteiger charge is 2.14. The SMILES string of the molecule is C[C@H](c1cccs1)[S@](=O)Cc1ccc(-n2cccn2)cc1. The maximum Gasteiger partial charge on any atom is 0.0665 e. The van der Waals surface area contributed by atoms with Gasteiger partial charge >= 0.3 is 0 Å². The number of hydrogen-bond donors (Lipinski definition) is 0. The predicted octanol–water partition coefficient (Wildman–Crippen LogP) is 3.94. The van der Waals surface area contributed by atoms with Crippen molar-refractivity contribution in [2.45, 2.75) is 17.9 Å². The van der Waals surface area contributed by atoms with Crippen LogP contribution in [0.2, 0.25) is 0 Å². The van der Waals surface area contributed by atoms with Gasteiger partial charge in [0.2, 0.25) is 0 Å². The smallest absolute Gasteiger partial charge is 0.0665 e. The number of nitrogens with zero attached hydrogens (tertiary/aromatic N) is 2. The Bertz CT molecular complexity index is 703. The van der Waals surface area contributed by atoms with E-state index in [-0.39, 0.29) is 5.25 Å². The monoisotopic (exact) mass is 316 g/mol. The lowest BCUT2D eigenvalue weighted by atomic mass is 10.2. The van der Waals surface area contributed by atoms with Gasteiger partial charge in [-0.15, -0.1) is 11.3 Å². The Labute approximate surface area is 130 Å². The van der Waals surface area contributed by atoms with Crippen LogP contribution in [0, 0.1) is 0 Å². The molecule has 0 saturated carbocycles. The van der Waals surface area contributed by atoms with Crippen LogP contribution in [0.4, 0.5) is 0 Å². The van der Waals surface area contributed by atoms with Gasteiger partial charge in [-0.05, 0) is 42.1 Å². The molecule has 0 N–H and O–H groups in total. The summed E-state index contributed by atoms with van der Waals surface area (Å²) in [5.41, 5.74) is 2.11. The van der Waals surface area contributed by atoms with E-state index in [1.165, 1.54) is 4.88 Å². The van der Waals surface area contributed by atoms with E-state index in [0.29, 0.717) is 5.75 Å².